The standard InChI is InChI=1S/C27H36N2O4/c1-25(2,3)26(4,30)18-12-17-19-11-16-14-7-8-15(14)21(31-5)23-20(16)27(17,9-10-29(19)13-28)24(33-23)22(18)32-6/h17-19,22,24,30H,7-12H2,1-6H3/t17-,18-,19-,22-,24+,26+,27+/m1/s1/i17D,22D. The third kappa shape index (κ3) is 2.36. The van der Waals surface area contributed by atoms with Crippen LogP contribution in [0.1, 0.15) is 65.5 Å². The number of likely N-dealkylation sites (tertiary alicyclic amines) is 1. The molecule has 0 aromatic heterocycles. The molecule has 1 saturated carbocycles. The van der Waals surface area contributed by atoms with E-state index in [1.165, 1.54) is 18.2 Å². The number of methoxy groups -OCH3 is 2. The molecule has 2 fully saturated rings. The zero-order valence-electron chi connectivity index (χ0n) is 22.5. The van der Waals surface area contributed by atoms with Crippen LogP contribution in [0.3, 0.4) is 0 Å². The molecule has 0 radical (unpaired) electrons. The summed E-state index contributed by atoms with van der Waals surface area (Å²) >= 11 is 0. The predicted octanol–water partition coefficient (Wildman–Crippen LogP) is 3.35. The molecule has 33 heavy (non-hydrogen) atoms. The van der Waals surface area contributed by atoms with Gasteiger partial charge in [0.05, 0.1) is 14.1 Å². The van der Waals surface area contributed by atoms with Gasteiger partial charge in [0.15, 0.2) is 17.7 Å². The maximum absolute atomic E-state index is 12.0. The Morgan fingerprint density at radius 2 is 1.94 bits per heavy atom. The molecule has 6 nitrogen and oxygen atoms in total. The van der Waals surface area contributed by atoms with E-state index >= 15 is 0 Å². The number of ether oxygens (including phenoxy) is 3. The lowest BCUT2D eigenvalue weighted by atomic mass is 9.46. The number of aliphatic hydroxyl groups is 1. The second-order valence-electron chi connectivity index (χ2n) is 11.7. The summed E-state index contributed by atoms with van der Waals surface area (Å²) < 4.78 is 38.7. The van der Waals surface area contributed by atoms with E-state index in [1.807, 2.05) is 20.8 Å². The third-order valence-corrected chi connectivity index (χ3v) is 9.78. The summed E-state index contributed by atoms with van der Waals surface area (Å²) in [5, 5.41) is 22.0. The van der Waals surface area contributed by atoms with E-state index in [2.05, 4.69) is 6.19 Å². The second kappa shape index (κ2) is 6.58. The first-order valence-electron chi connectivity index (χ1n) is 13.2. The first-order valence-corrected chi connectivity index (χ1v) is 12.2. The molecule has 1 aromatic carbocycles. The molecule has 2 heterocycles. The minimum absolute atomic E-state index is 0.246. The van der Waals surface area contributed by atoms with Gasteiger partial charge >= 0.3 is 0 Å². The van der Waals surface area contributed by atoms with Gasteiger partial charge in [0.1, 0.15) is 12.2 Å². The van der Waals surface area contributed by atoms with E-state index < -0.39 is 40.4 Å². The molecule has 1 spiro atoms. The Labute approximate surface area is 199 Å². The molecule has 6 rings (SSSR count). The lowest BCUT2D eigenvalue weighted by Crippen LogP contribution is -2.71. The van der Waals surface area contributed by atoms with E-state index in [4.69, 9.17) is 14.2 Å². The van der Waals surface area contributed by atoms with Crippen molar-refractivity contribution in [3.63, 3.8) is 0 Å². The summed E-state index contributed by atoms with van der Waals surface area (Å²) in [6.07, 6.45) is 3.24. The number of piperidine rings is 1. The maximum Gasteiger partial charge on any atom is 0.179 e. The lowest BCUT2D eigenvalue weighted by Gasteiger charge is -2.62. The Morgan fingerprint density at radius 3 is 2.52 bits per heavy atom. The highest BCUT2D eigenvalue weighted by atomic mass is 16.6. The highest BCUT2D eigenvalue weighted by molar-refractivity contribution is 5.69. The molecule has 1 aromatic rings. The summed E-state index contributed by atoms with van der Waals surface area (Å²) in [5.41, 5.74) is 1.93. The number of nitrogens with zero attached hydrogens (tertiary/aromatic N) is 2. The van der Waals surface area contributed by atoms with E-state index in [-0.39, 0.29) is 12.5 Å². The zero-order valence-corrected chi connectivity index (χ0v) is 20.5. The molecule has 178 valence electrons. The molecule has 7 atom stereocenters. The van der Waals surface area contributed by atoms with Gasteiger partial charge in [0, 0.05) is 43.5 Å². The normalized spacial score (nSPS) is 42.5. The smallest absolute Gasteiger partial charge is 0.179 e. The van der Waals surface area contributed by atoms with Crippen LogP contribution in [0.5, 0.6) is 11.5 Å². The molecular weight excluding hydrogens is 416 g/mol. The largest absolute Gasteiger partial charge is 0.493 e. The van der Waals surface area contributed by atoms with Gasteiger partial charge in [0.25, 0.3) is 0 Å². The number of rotatable bonds is 3. The molecule has 5 aliphatic rings. The van der Waals surface area contributed by atoms with Gasteiger partial charge < -0.3 is 24.2 Å². The van der Waals surface area contributed by atoms with Gasteiger partial charge in [-0.2, -0.15) is 5.26 Å². The van der Waals surface area contributed by atoms with Crippen LogP contribution in [0.4, 0.5) is 0 Å². The SMILES string of the molecule is [2H][C@@]1(OC)[C@H]([C@](C)(O)C(C)(C)C)C[C@]2([2H])[C@H]3Cc4c5c(c(OC)c6c4[C@@]2(CCN3C#N)[C@H]1O6)CC5. The number of fused-ring (bicyclic) bond motifs is 2. The van der Waals surface area contributed by atoms with Crippen LogP contribution in [0.25, 0.3) is 0 Å². The fraction of sp³-hybridized carbons (Fsp3) is 0.741. The van der Waals surface area contributed by atoms with Gasteiger partial charge in [-0.25, -0.2) is 0 Å². The third-order valence-electron chi connectivity index (χ3n) is 9.78. The fourth-order valence-electron chi connectivity index (χ4n) is 7.47. The summed E-state index contributed by atoms with van der Waals surface area (Å²) in [4.78, 5) is 1.78. The van der Waals surface area contributed by atoms with Crippen molar-refractivity contribution < 1.29 is 22.1 Å². The van der Waals surface area contributed by atoms with E-state index in [1.54, 1.807) is 18.9 Å². The number of nitriles is 1. The Bertz CT molecular complexity index is 1170. The average Bonchev–Trinajstić information content (AvgIpc) is 3.11. The van der Waals surface area contributed by atoms with Gasteiger partial charge in [-0.3, -0.25) is 0 Å². The molecule has 0 unspecified atom stereocenters. The van der Waals surface area contributed by atoms with Crippen molar-refractivity contribution in [1.82, 2.24) is 4.90 Å². The van der Waals surface area contributed by atoms with Crippen LogP contribution >= 0.6 is 0 Å². The van der Waals surface area contributed by atoms with E-state index in [9.17, 15) is 13.1 Å². The van der Waals surface area contributed by atoms with Crippen molar-refractivity contribution in [1.29, 1.82) is 5.26 Å². The van der Waals surface area contributed by atoms with Crippen molar-refractivity contribution in [3.05, 3.63) is 22.3 Å². The molecule has 1 saturated heterocycles. The van der Waals surface area contributed by atoms with Crippen molar-refractivity contribution in [3.8, 4) is 17.7 Å². The van der Waals surface area contributed by atoms with Crippen molar-refractivity contribution in [2.75, 3.05) is 20.8 Å². The summed E-state index contributed by atoms with van der Waals surface area (Å²) in [7, 11) is 3.19. The van der Waals surface area contributed by atoms with Crippen LogP contribution in [0.2, 0.25) is 0 Å². The first kappa shape index (κ1) is 19.3. The van der Waals surface area contributed by atoms with E-state index in [0.717, 1.165) is 29.7 Å². The Balaban J connectivity index is 1.67. The van der Waals surface area contributed by atoms with Gasteiger partial charge in [0.2, 0.25) is 0 Å². The summed E-state index contributed by atoms with van der Waals surface area (Å²) in [5.74, 6) is -0.440. The molecule has 0 amide bonds. The topological polar surface area (TPSA) is 75.0 Å². The van der Waals surface area contributed by atoms with E-state index in [0.29, 0.717) is 25.1 Å². The van der Waals surface area contributed by atoms with Gasteiger partial charge in [-0.05, 0) is 61.5 Å². The minimum Gasteiger partial charge on any atom is -0.493 e. The highest BCUT2D eigenvalue weighted by Crippen LogP contribution is 2.68. The average molecular weight is 455 g/mol. The van der Waals surface area contributed by atoms with Crippen LogP contribution < -0.4 is 9.47 Å². The van der Waals surface area contributed by atoms with Crippen LogP contribution in [0, 0.1) is 28.7 Å². The summed E-state index contributed by atoms with van der Waals surface area (Å²) in [6.45, 7) is 8.15. The molecule has 2 bridgehead atoms. The molecular formula is C27H36N2O4. The first-order chi connectivity index (χ1) is 16.3. The molecule has 6 heteroatoms. The Morgan fingerprint density at radius 1 is 1.21 bits per heavy atom. The molecule has 2 aliphatic heterocycles. The lowest BCUT2D eigenvalue weighted by molar-refractivity contribution is -0.203. The number of benzene rings is 1. The minimum atomic E-state index is -1.59. The van der Waals surface area contributed by atoms with Crippen LogP contribution in [-0.4, -0.2) is 54.6 Å². The molecule has 1 N–H and O–H groups in total. The fourth-order valence-corrected chi connectivity index (χ4v) is 7.47. The molecule has 3 aliphatic carbocycles. The quantitative estimate of drug-likeness (QED) is 0.706. The zero-order chi connectivity index (χ0) is 25.3. The van der Waals surface area contributed by atoms with Crippen molar-refractivity contribution >= 4 is 0 Å². The predicted molar refractivity (Wildman–Crippen MR) is 123 cm³/mol. The monoisotopic (exact) mass is 454 g/mol. The Kier molecular flexibility index (Phi) is 3.86. The second-order valence-corrected chi connectivity index (χ2v) is 11.7. The van der Waals surface area contributed by atoms with Crippen molar-refractivity contribution in [2.24, 2.45) is 17.2 Å². The van der Waals surface area contributed by atoms with Crippen molar-refractivity contribution in [2.45, 2.75) is 89.0 Å². The van der Waals surface area contributed by atoms with Crippen LogP contribution in [-0.2, 0) is 29.4 Å². The van der Waals surface area contributed by atoms with Gasteiger partial charge in [-0.15, -0.1) is 0 Å². The van der Waals surface area contributed by atoms with Crippen LogP contribution in [0.15, 0.2) is 0 Å². The number of hydrogen-bond acceptors (Lipinski definition) is 6. The number of hydrogen-bond donors (Lipinski definition) is 1. The maximum atomic E-state index is 12.0. The Hall–Kier alpha value is -1.97. The summed E-state index contributed by atoms with van der Waals surface area (Å²) in [6, 6.07) is -0.344. The van der Waals surface area contributed by atoms with Gasteiger partial charge in [-0.1, -0.05) is 20.8 Å². The highest BCUT2D eigenvalue weighted by Gasteiger charge is 2.70.